The van der Waals surface area contributed by atoms with Gasteiger partial charge in [0, 0.05) is 49.6 Å². The Morgan fingerprint density at radius 1 is 1.06 bits per heavy atom. The third-order valence-corrected chi connectivity index (χ3v) is 9.47. The van der Waals surface area contributed by atoms with E-state index in [1.54, 1.807) is 17.0 Å². The first-order chi connectivity index (χ1) is 24.6. The van der Waals surface area contributed by atoms with E-state index in [0.717, 1.165) is 60.9 Å². The van der Waals surface area contributed by atoms with Crippen molar-refractivity contribution in [3.05, 3.63) is 78.0 Å². The van der Waals surface area contributed by atoms with Crippen LogP contribution in [-0.2, 0) is 6.54 Å². The number of hydrogen-bond donors (Lipinski definition) is 5. The summed E-state index contributed by atoms with van der Waals surface area (Å²) in [6, 6.07) is 11.4. The number of amides is 2. The van der Waals surface area contributed by atoms with Crippen molar-refractivity contribution in [2.24, 2.45) is 5.41 Å². The van der Waals surface area contributed by atoms with E-state index in [9.17, 15) is 9.90 Å². The van der Waals surface area contributed by atoms with Crippen LogP contribution in [0.15, 0.2) is 66.9 Å². The minimum atomic E-state index is -0.419. The number of carbonyl (C=O) groups is 1. The number of nitrogens with zero attached hydrogens (tertiary/aromatic N) is 7. The third kappa shape index (κ3) is 9.05. The largest absolute Gasteiger partial charge is 0.484 e. The number of pyridine rings is 1. The van der Waals surface area contributed by atoms with Crippen molar-refractivity contribution in [1.82, 2.24) is 39.9 Å². The summed E-state index contributed by atoms with van der Waals surface area (Å²) in [6.45, 7) is 9.89. The molecule has 4 heterocycles. The van der Waals surface area contributed by atoms with E-state index in [4.69, 9.17) is 10.1 Å². The summed E-state index contributed by atoms with van der Waals surface area (Å²) >= 11 is 0. The van der Waals surface area contributed by atoms with Crippen LogP contribution in [0.1, 0.15) is 76.1 Å². The van der Waals surface area contributed by atoms with E-state index < -0.39 is 5.41 Å². The molecule has 5 N–H and O–H groups in total. The molecule has 14 nitrogen and oxygen atoms in total. The Morgan fingerprint density at radius 2 is 1.84 bits per heavy atom. The SMILES string of the molecule is CN(CCO)CCn1cc(N/C(=C\C(=N)C(C)(C)C)NC(=O)NC2CCC(Oc3ccc4nnc(N5CCCCC5)n4c3)c3ccccc32)cn1. The highest BCUT2D eigenvalue weighted by Crippen LogP contribution is 2.39. The normalized spacial score (nSPS) is 18.1. The smallest absolute Gasteiger partial charge is 0.320 e. The van der Waals surface area contributed by atoms with Crippen LogP contribution in [0.5, 0.6) is 5.75 Å². The molecule has 0 radical (unpaired) electrons. The summed E-state index contributed by atoms with van der Waals surface area (Å²) < 4.78 is 10.4. The molecule has 0 spiro atoms. The zero-order chi connectivity index (χ0) is 36.0. The lowest BCUT2D eigenvalue weighted by Crippen LogP contribution is -2.41. The first-order valence-corrected chi connectivity index (χ1v) is 17.9. The lowest BCUT2D eigenvalue weighted by molar-refractivity contribution is 0.171. The van der Waals surface area contributed by atoms with E-state index in [1.165, 1.54) is 6.42 Å². The van der Waals surface area contributed by atoms with Crippen LogP contribution in [0.2, 0.25) is 0 Å². The molecule has 1 aromatic carbocycles. The molecule has 3 aromatic heterocycles. The standard InChI is InChI=1S/C37H51N11O3/c1-37(2,3)32(38)22-33(40-26-23-39-47(24-26)19-18-45(4)20-21-49)42-35(50)41-30-13-14-31(29-11-7-6-10-28(29)30)51-27-12-15-34-43-44-36(48(34)25-27)46-16-8-5-9-17-46/h6-7,10-12,15,22-25,30-31,38,40,49H,5,8-9,13-14,16-21H2,1-4H3,(H2,41,42,50)/b33-22+,38-32?. The van der Waals surface area contributed by atoms with Crippen LogP contribution in [0.25, 0.3) is 5.65 Å². The molecule has 6 rings (SSSR count). The van der Waals surface area contributed by atoms with Crippen LogP contribution in [0, 0.1) is 10.8 Å². The number of piperidine rings is 1. The van der Waals surface area contributed by atoms with Crippen LogP contribution < -0.4 is 25.6 Å². The number of aliphatic hydroxyl groups excluding tert-OH is 1. The van der Waals surface area contributed by atoms with Crippen molar-refractivity contribution in [3.8, 4) is 5.75 Å². The van der Waals surface area contributed by atoms with Crippen LogP contribution >= 0.6 is 0 Å². The quantitative estimate of drug-likeness (QED) is 0.120. The lowest BCUT2D eigenvalue weighted by atomic mass is 9.85. The maximum Gasteiger partial charge on any atom is 0.320 e. The Labute approximate surface area is 299 Å². The van der Waals surface area contributed by atoms with Crippen LogP contribution in [0.4, 0.5) is 16.4 Å². The minimum absolute atomic E-state index is 0.103. The topological polar surface area (TPSA) is 161 Å². The second-order valence-electron chi connectivity index (χ2n) is 14.5. The molecule has 1 aliphatic carbocycles. The van der Waals surface area contributed by atoms with Crippen LogP contribution in [-0.4, -0.2) is 86.0 Å². The Morgan fingerprint density at radius 3 is 2.61 bits per heavy atom. The maximum atomic E-state index is 13.6. The molecular weight excluding hydrogens is 646 g/mol. The van der Waals surface area contributed by atoms with Crippen molar-refractivity contribution >= 4 is 29.0 Å². The molecule has 1 saturated heterocycles. The predicted molar refractivity (Wildman–Crippen MR) is 198 cm³/mol. The number of urea groups is 1. The number of likely N-dealkylation sites (N-methyl/N-ethyl adjacent to an activating group) is 1. The third-order valence-electron chi connectivity index (χ3n) is 9.47. The fourth-order valence-electron chi connectivity index (χ4n) is 6.47. The van der Waals surface area contributed by atoms with Gasteiger partial charge in [0.05, 0.1) is 37.3 Å². The molecule has 2 unspecified atom stereocenters. The molecule has 0 bridgehead atoms. The van der Waals surface area contributed by atoms with Crippen molar-refractivity contribution in [2.45, 2.75) is 71.6 Å². The van der Waals surface area contributed by atoms with Gasteiger partial charge in [-0.05, 0) is 62.4 Å². The molecule has 1 aliphatic heterocycles. The van der Waals surface area contributed by atoms with E-state index in [1.807, 2.05) is 79.8 Å². The molecule has 2 amide bonds. The lowest BCUT2D eigenvalue weighted by Gasteiger charge is -2.32. The summed E-state index contributed by atoms with van der Waals surface area (Å²) in [6.07, 6.45) is 11.9. The summed E-state index contributed by atoms with van der Waals surface area (Å²) in [5, 5.41) is 40.5. The van der Waals surface area contributed by atoms with Gasteiger partial charge in [-0.3, -0.25) is 14.4 Å². The van der Waals surface area contributed by atoms with Gasteiger partial charge in [0.15, 0.2) is 5.65 Å². The number of aliphatic hydroxyl groups is 1. The first-order valence-electron chi connectivity index (χ1n) is 17.9. The highest BCUT2D eigenvalue weighted by Gasteiger charge is 2.30. The highest BCUT2D eigenvalue weighted by molar-refractivity contribution is 5.97. The molecule has 1 fully saturated rings. The second kappa shape index (κ2) is 15.9. The fourth-order valence-corrected chi connectivity index (χ4v) is 6.47. The number of ether oxygens (including phenoxy) is 1. The summed E-state index contributed by atoms with van der Waals surface area (Å²) in [5.41, 5.74) is 3.46. The van der Waals surface area contributed by atoms with Crippen molar-refractivity contribution in [3.63, 3.8) is 0 Å². The monoisotopic (exact) mass is 697 g/mol. The number of fused-ring (bicyclic) bond motifs is 2. The Hall–Kier alpha value is -4.95. The first kappa shape index (κ1) is 35.9. The highest BCUT2D eigenvalue weighted by atomic mass is 16.5. The number of benzene rings is 1. The number of carbonyl (C=O) groups excluding carboxylic acids is 1. The molecule has 14 heteroatoms. The number of aromatic nitrogens is 5. The fraction of sp³-hybridized carbons (Fsp3) is 0.486. The number of anilines is 2. The summed E-state index contributed by atoms with van der Waals surface area (Å²) in [4.78, 5) is 17.9. The number of allylic oxidation sites excluding steroid dienone is 1. The number of rotatable bonds is 13. The Bertz CT molecular complexity index is 1840. The second-order valence-corrected chi connectivity index (χ2v) is 14.5. The maximum absolute atomic E-state index is 13.6. The molecule has 4 aromatic rings. The van der Waals surface area contributed by atoms with E-state index in [0.29, 0.717) is 43.2 Å². The predicted octanol–water partition coefficient (Wildman–Crippen LogP) is 5.11. The number of hydrogen-bond acceptors (Lipinski definition) is 10. The molecule has 0 saturated carbocycles. The van der Waals surface area contributed by atoms with Crippen molar-refractivity contribution in [2.75, 3.05) is 50.1 Å². The van der Waals surface area contributed by atoms with Gasteiger partial charge in [0.2, 0.25) is 5.95 Å². The van der Waals surface area contributed by atoms with Gasteiger partial charge in [0.1, 0.15) is 17.7 Å². The average Bonchev–Trinajstić information content (AvgIpc) is 3.75. The van der Waals surface area contributed by atoms with Gasteiger partial charge in [-0.2, -0.15) is 5.10 Å². The summed E-state index contributed by atoms with van der Waals surface area (Å²) in [5.74, 6) is 1.97. The van der Waals surface area contributed by atoms with E-state index >= 15 is 0 Å². The van der Waals surface area contributed by atoms with Crippen LogP contribution in [0.3, 0.4) is 0 Å². The Balaban J connectivity index is 1.13. The molecule has 272 valence electrons. The van der Waals surface area contributed by atoms with Crippen molar-refractivity contribution < 1.29 is 14.6 Å². The van der Waals surface area contributed by atoms with Gasteiger partial charge in [-0.25, -0.2) is 4.79 Å². The van der Waals surface area contributed by atoms with Gasteiger partial charge in [-0.1, -0.05) is 45.0 Å². The molecule has 51 heavy (non-hydrogen) atoms. The van der Waals surface area contributed by atoms with E-state index in [2.05, 4.69) is 42.2 Å². The zero-order valence-corrected chi connectivity index (χ0v) is 30.1. The molecular formula is C37H51N11O3. The van der Waals surface area contributed by atoms with Crippen molar-refractivity contribution in [1.29, 1.82) is 5.41 Å². The van der Waals surface area contributed by atoms with Gasteiger partial charge >= 0.3 is 6.03 Å². The summed E-state index contributed by atoms with van der Waals surface area (Å²) in [7, 11) is 1.95. The van der Waals surface area contributed by atoms with Gasteiger partial charge < -0.3 is 35.7 Å². The average molecular weight is 698 g/mol. The molecule has 2 aliphatic rings. The zero-order valence-electron chi connectivity index (χ0n) is 30.1. The van der Waals surface area contributed by atoms with E-state index in [-0.39, 0.29) is 24.8 Å². The minimum Gasteiger partial charge on any atom is -0.484 e. The van der Waals surface area contributed by atoms with Gasteiger partial charge in [0.25, 0.3) is 0 Å². The Kier molecular flexibility index (Phi) is 11.2. The molecule has 2 atom stereocenters. The van der Waals surface area contributed by atoms with Gasteiger partial charge in [-0.15, -0.1) is 10.2 Å². The number of nitrogens with one attached hydrogen (secondary N) is 4.